The molecule has 4 heteroatoms. The lowest BCUT2D eigenvalue weighted by Gasteiger charge is -2.37. The Morgan fingerprint density at radius 1 is 0.963 bits per heavy atom. The van der Waals surface area contributed by atoms with Crippen molar-refractivity contribution in [2.24, 2.45) is 0 Å². The van der Waals surface area contributed by atoms with E-state index in [4.69, 9.17) is 4.43 Å². The standard InChI is InChI=1S/C23H31NO2Si/c1-19(26-27(5,6)23(2,3)4)17-18-22(25)24(20-13-9-7-10-14-20)21-15-11-8-12-16-21/h7-19H,1-6H3/b18-17+/t19-/m1/s1. The van der Waals surface area contributed by atoms with Crippen LogP contribution in [0.4, 0.5) is 11.4 Å². The van der Waals surface area contributed by atoms with Crippen LogP contribution in [0.1, 0.15) is 27.7 Å². The summed E-state index contributed by atoms with van der Waals surface area (Å²) in [5.41, 5.74) is 1.69. The van der Waals surface area contributed by atoms with Gasteiger partial charge < -0.3 is 4.43 Å². The topological polar surface area (TPSA) is 29.5 Å². The molecule has 0 aromatic heterocycles. The quantitative estimate of drug-likeness (QED) is 0.433. The van der Waals surface area contributed by atoms with Gasteiger partial charge in [-0.1, -0.05) is 63.2 Å². The third kappa shape index (κ3) is 5.65. The van der Waals surface area contributed by atoms with Gasteiger partial charge in [0.1, 0.15) is 0 Å². The predicted molar refractivity (Wildman–Crippen MR) is 117 cm³/mol. The summed E-state index contributed by atoms with van der Waals surface area (Å²) < 4.78 is 6.33. The number of carbonyl (C=O) groups is 1. The fraction of sp³-hybridized carbons (Fsp3) is 0.348. The van der Waals surface area contributed by atoms with Crippen molar-refractivity contribution in [3.63, 3.8) is 0 Å². The van der Waals surface area contributed by atoms with Gasteiger partial charge in [0, 0.05) is 17.5 Å². The van der Waals surface area contributed by atoms with E-state index in [-0.39, 0.29) is 17.0 Å². The lowest BCUT2D eigenvalue weighted by molar-refractivity contribution is -0.113. The first kappa shape index (κ1) is 21.1. The van der Waals surface area contributed by atoms with Crippen LogP contribution < -0.4 is 4.90 Å². The molecule has 0 unspecified atom stereocenters. The lowest BCUT2D eigenvalue weighted by Crippen LogP contribution is -2.43. The molecule has 27 heavy (non-hydrogen) atoms. The molecule has 0 fully saturated rings. The van der Waals surface area contributed by atoms with Crippen molar-refractivity contribution in [2.75, 3.05) is 4.90 Å². The molecule has 0 N–H and O–H groups in total. The molecule has 2 aromatic rings. The number of hydrogen-bond acceptors (Lipinski definition) is 2. The minimum Gasteiger partial charge on any atom is -0.411 e. The fourth-order valence-electron chi connectivity index (χ4n) is 2.53. The normalized spacial score (nSPS) is 13.6. The molecule has 144 valence electrons. The van der Waals surface area contributed by atoms with E-state index >= 15 is 0 Å². The van der Waals surface area contributed by atoms with Crippen molar-refractivity contribution in [3.05, 3.63) is 72.8 Å². The van der Waals surface area contributed by atoms with Gasteiger partial charge in [-0.2, -0.15) is 0 Å². The Kier molecular flexibility index (Phi) is 6.79. The number of benzene rings is 2. The van der Waals surface area contributed by atoms with Gasteiger partial charge in [-0.05, 0) is 49.3 Å². The average Bonchev–Trinajstić information content (AvgIpc) is 2.61. The summed E-state index contributed by atoms with van der Waals surface area (Å²) in [5, 5.41) is 0.138. The number of nitrogens with zero attached hydrogens (tertiary/aromatic N) is 1. The van der Waals surface area contributed by atoms with Crippen LogP contribution in [0.3, 0.4) is 0 Å². The summed E-state index contributed by atoms with van der Waals surface area (Å²) in [6.07, 6.45) is 3.38. The van der Waals surface area contributed by atoms with Gasteiger partial charge in [-0.25, -0.2) is 0 Å². The highest BCUT2D eigenvalue weighted by Gasteiger charge is 2.38. The highest BCUT2D eigenvalue weighted by molar-refractivity contribution is 6.74. The third-order valence-corrected chi connectivity index (χ3v) is 9.62. The zero-order valence-electron chi connectivity index (χ0n) is 17.3. The minimum absolute atomic E-state index is 0.0851. The number of anilines is 2. The Bertz CT molecular complexity index is 724. The van der Waals surface area contributed by atoms with Crippen LogP contribution in [-0.4, -0.2) is 20.3 Å². The highest BCUT2D eigenvalue weighted by Crippen LogP contribution is 2.37. The van der Waals surface area contributed by atoms with Crippen LogP contribution in [-0.2, 0) is 9.22 Å². The molecular weight excluding hydrogens is 350 g/mol. The van der Waals surface area contributed by atoms with Crippen molar-refractivity contribution < 1.29 is 9.22 Å². The molecule has 0 saturated carbocycles. The first-order valence-corrected chi connectivity index (χ1v) is 12.3. The van der Waals surface area contributed by atoms with Gasteiger partial charge in [-0.15, -0.1) is 0 Å². The maximum atomic E-state index is 13.0. The molecule has 0 saturated heterocycles. The second kappa shape index (κ2) is 8.68. The van der Waals surface area contributed by atoms with Gasteiger partial charge in [0.2, 0.25) is 0 Å². The first-order valence-electron chi connectivity index (χ1n) is 9.42. The Balaban J connectivity index is 2.20. The van der Waals surface area contributed by atoms with Crippen LogP contribution in [0.5, 0.6) is 0 Å². The second-order valence-electron chi connectivity index (χ2n) is 8.29. The SMILES string of the molecule is C[C@H](/C=C/C(=O)N(c1ccccc1)c1ccccc1)O[Si](C)(C)C(C)(C)C. The number of amides is 1. The molecule has 0 radical (unpaired) electrons. The highest BCUT2D eigenvalue weighted by atomic mass is 28.4. The fourth-order valence-corrected chi connectivity index (χ4v) is 3.89. The molecule has 0 aliphatic rings. The summed E-state index contributed by atoms with van der Waals surface area (Å²) in [4.78, 5) is 14.7. The monoisotopic (exact) mass is 381 g/mol. The van der Waals surface area contributed by atoms with Crippen molar-refractivity contribution >= 4 is 25.6 Å². The molecule has 1 amide bonds. The summed E-state index contributed by atoms with van der Waals surface area (Å²) in [6, 6.07) is 19.4. The summed E-state index contributed by atoms with van der Waals surface area (Å²) in [7, 11) is -1.87. The molecule has 3 nitrogen and oxygen atoms in total. The van der Waals surface area contributed by atoms with E-state index in [9.17, 15) is 4.79 Å². The van der Waals surface area contributed by atoms with Crippen molar-refractivity contribution in [3.8, 4) is 0 Å². The van der Waals surface area contributed by atoms with Gasteiger partial charge in [0.05, 0.1) is 6.10 Å². The van der Waals surface area contributed by atoms with Crippen LogP contribution in [0.15, 0.2) is 72.8 Å². The number of rotatable bonds is 6. The zero-order chi connectivity index (χ0) is 20.1. The summed E-state index contributed by atoms with van der Waals surface area (Å²) in [6.45, 7) is 13.1. The van der Waals surface area contributed by atoms with E-state index in [0.717, 1.165) is 11.4 Å². The van der Waals surface area contributed by atoms with E-state index in [1.807, 2.05) is 73.7 Å². The lowest BCUT2D eigenvalue weighted by atomic mass is 10.2. The average molecular weight is 382 g/mol. The summed E-state index contributed by atoms with van der Waals surface area (Å²) in [5.74, 6) is -0.0851. The third-order valence-electron chi connectivity index (χ3n) is 5.05. The van der Waals surface area contributed by atoms with Crippen molar-refractivity contribution in [2.45, 2.75) is 51.9 Å². The molecule has 1 atom stereocenters. The Morgan fingerprint density at radius 2 is 1.41 bits per heavy atom. The predicted octanol–water partition coefficient (Wildman–Crippen LogP) is 6.32. The van der Waals surface area contributed by atoms with Gasteiger partial charge in [-0.3, -0.25) is 9.69 Å². The molecule has 2 aromatic carbocycles. The largest absolute Gasteiger partial charge is 0.411 e. The molecule has 0 aliphatic heterocycles. The van der Waals surface area contributed by atoms with E-state index in [1.54, 1.807) is 11.0 Å². The molecule has 2 rings (SSSR count). The van der Waals surface area contributed by atoms with Crippen LogP contribution in [0, 0.1) is 0 Å². The van der Waals surface area contributed by atoms with Gasteiger partial charge >= 0.3 is 0 Å². The van der Waals surface area contributed by atoms with E-state index in [2.05, 4.69) is 33.9 Å². The Hall–Kier alpha value is -2.17. The van der Waals surface area contributed by atoms with Crippen molar-refractivity contribution in [1.29, 1.82) is 0 Å². The van der Waals surface area contributed by atoms with Crippen molar-refractivity contribution in [1.82, 2.24) is 0 Å². The number of hydrogen-bond donors (Lipinski definition) is 0. The van der Waals surface area contributed by atoms with Gasteiger partial charge in [0.15, 0.2) is 8.32 Å². The number of para-hydroxylation sites is 2. The Labute approximate surface area is 164 Å². The maximum Gasteiger partial charge on any atom is 0.255 e. The second-order valence-corrected chi connectivity index (χ2v) is 13.0. The molecule has 0 bridgehead atoms. The molecule has 0 spiro atoms. The smallest absolute Gasteiger partial charge is 0.255 e. The number of carbonyl (C=O) groups excluding carboxylic acids is 1. The first-order chi connectivity index (χ1) is 12.6. The van der Waals surface area contributed by atoms with E-state index in [1.165, 1.54) is 0 Å². The molecular formula is C23H31NO2Si. The van der Waals surface area contributed by atoms with Crippen LogP contribution in [0.2, 0.25) is 18.1 Å². The van der Waals surface area contributed by atoms with Crippen LogP contribution >= 0.6 is 0 Å². The molecule has 0 aliphatic carbocycles. The Morgan fingerprint density at radius 3 is 1.81 bits per heavy atom. The van der Waals surface area contributed by atoms with Gasteiger partial charge in [0.25, 0.3) is 5.91 Å². The van der Waals surface area contributed by atoms with E-state index < -0.39 is 8.32 Å². The zero-order valence-corrected chi connectivity index (χ0v) is 18.3. The van der Waals surface area contributed by atoms with E-state index in [0.29, 0.717) is 0 Å². The summed E-state index contributed by atoms with van der Waals surface area (Å²) >= 11 is 0. The minimum atomic E-state index is -1.87. The maximum absolute atomic E-state index is 13.0. The van der Waals surface area contributed by atoms with Crippen LogP contribution in [0.25, 0.3) is 0 Å². The molecule has 0 heterocycles.